The van der Waals surface area contributed by atoms with Crippen LogP contribution in [0.2, 0.25) is 0 Å². The second-order valence-electron chi connectivity index (χ2n) is 2.25. The van der Waals surface area contributed by atoms with Crippen molar-refractivity contribution in [3.05, 3.63) is 0 Å². The summed E-state index contributed by atoms with van der Waals surface area (Å²) in [6.07, 6.45) is -4.13. The highest BCUT2D eigenvalue weighted by molar-refractivity contribution is 4.30. The van der Waals surface area contributed by atoms with Gasteiger partial charge in [0.2, 0.25) is 0 Å². The number of alkyl halides is 6. The van der Waals surface area contributed by atoms with Gasteiger partial charge in [-0.05, 0) is 12.8 Å². The number of unbranched alkanes of at least 4 members (excludes halogenated alkanes) is 1. The van der Waals surface area contributed by atoms with Crippen LogP contribution in [-0.2, 0) is 0 Å². The van der Waals surface area contributed by atoms with Crippen molar-refractivity contribution in [2.45, 2.75) is 25.7 Å². The van der Waals surface area contributed by atoms with Crippen molar-refractivity contribution in [2.24, 2.45) is 0 Å². The normalized spacial score (nSPS) is 9.38. The predicted molar refractivity (Wildman–Crippen MR) is 47.4 cm³/mol. The summed E-state index contributed by atoms with van der Waals surface area (Å²) in [4.78, 5) is 0. The van der Waals surface area contributed by atoms with Crippen LogP contribution in [0.3, 0.4) is 0 Å². The van der Waals surface area contributed by atoms with E-state index in [4.69, 9.17) is 10.2 Å². The maximum Gasteiger partial charge on any atom is 0.266 e. The first-order valence-electron chi connectivity index (χ1n) is 4.36. The van der Waals surface area contributed by atoms with Crippen LogP contribution in [0.4, 0.5) is 26.3 Å². The summed E-state index contributed by atoms with van der Waals surface area (Å²) in [5.41, 5.74) is 0. The molecule has 0 radical (unpaired) electrons. The van der Waals surface area contributed by atoms with Crippen LogP contribution >= 0.6 is 0 Å². The summed E-state index contributed by atoms with van der Waals surface area (Å²) in [5, 5.41) is 16.2. The zero-order chi connectivity index (χ0) is 13.4. The zero-order valence-corrected chi connectivity index (χ0v) is 8.56. The fourth-order valence-corrected chi connectivity index (χ4v) is 0.224. The van der Waals surface area contributed by atoms with E-state index in [1.54, 1.807) is 0 Å². The molecule has 0 atom stereocenters. The number of hydrogen-bond acceptors (Lipinski definition) is 2. The van der Waals surface area contributed by atoms with Gasteiger partial charge < -0.3 is 10.2 Å². The molecule has 0 rings (SSSR count). The molecule has 0 saturated heterocycles. The number of hydrogen-bond donors (Lipinski definition) is 2. The Morgan fingerprint density at radius 3 is 0.938 bits per heavy atom. The zero-order valence-electron chi connectivity index (χ0n) is 8.56. The lowest BCUT2D eigenvalue weighted by Gasteiger charge is -1.85. The summed E-state index contributed by atoms with van der Waals surface area (Å²) in [6.45, 7) is -2.67. The summed E-state index contributed by atoms with van der Waals surface area (Å²) >= 11 is 0. The van der Waals surface area contributed by atoms with Crippen LogP contribution in [0.1, 0.15) is 12.8 Å². The molecular weight excluding hydrogens is 242 g/mol. The first-order valence-corrected chi connectivity index (χ1v) is 4.36. The Morgan fingerprint density at radius 1 is 0.688 bits per heavy atom. The molecule has 0 aromatic rings. The first-order chi connectivity index (χ1) is 7.45. The molecule has 102 valence electrons. The standard InChI is InChI=1S/C4H10O2.2C2H3F3/c5-3-1-2-4-6;2*3-1-2(4)5/h5-6H,1-4H2;2*2H,1H2. The van der Waals surface area contributed by atoms with Gasteiger partial charge in [-0.2, -0.15) is 0 Å². The average Bonchev–Trinajstić information content (AvgIpc) is 2.27. The molecule has 0 amide bonds. The summed E-state index contributed by atoms with van der Waals surface area (Å²) in [5.74, 6) is 0. The quantitative estimate of drug-likeness (QED) is 0.586. The minimum Gasteiger partial charge on any atom is -0.396 e. The van der Waals surface area contributed by atoms with Gasteiger partial charge in [-0.3, -0.25) is 0 Å². The highest BCUT2D eigenvalue weighted by atomic mass is 19.3. The maximum absolute atomic E-state index is 10.4. The molecule has 0 saturated carbocycles. The lowest BCUT2D eigenvalue weighted by molar-refractivity contribution is 0.113. The lowest BCUT2D eigenvalue weighted by Crippen LogP contribution is -1.88. The summed E-state index contributed by atoms with van der Waals surface area (Å²) in [6, 6.07) is 0. The second kappa shape index (κ2) is 20.0. The Kier molecular flexibility index (Phi) is 26.0. The van der Waals surface area contributed by atoms with E-state index in [9.17, 15) is 26.3 Å². The smallest absolute Gasteiger partial charge is 0.266 e. The van der Waals surface area contributed by atoms with Gasteiger partial charge in [0.15, 0.2) is 13.3 Å². The van der Waals surface area contributed by atoms with Crippen LogP contribution in [0.15, 0.2) is 0 Å². The lowest BCUT2D eigenvalue weighted by atomic mass is 10.3. The van der Waals surface area contributed by atoms with E-state index in [1.165, 1.54) is 0 Å². The van der Waals surface area contributed by atoms with Crippen LogP contribution in [-0.4, -0.2) is 49.6 Å². The van der Waals surface area contributed by atoms with Crippen LogP contribution in [0.5, 0.6) is 0 Å². The van der Waals surface area contributed by atoms with Gasteiger partial charge >= 0.3 is 0 Å². The van der Waals surface area contributed by atoms with Crippen molar-refractivity contribution in [2.75, 3.05) is 26.6 Å². The Hall–Kier alpha value is -0.500. The molecule has 0 unspecified atom stereocenters. The molecular formula is C8H16F6O2. The number of rotatable bonds is 5. The second-order valence-corrected chi connectivity index (χ2v) is 2.25. The number of aliphatic hydroxyl groups excluding tert-OH is 2. The van der Waals surface area contributed by atoms with Crippen molar-refractivity contribution < 1.29 is 36.6 Å². The van der Waals surface area contributed by atoms with E-state index in [2.05, 4.69) is 0 Å². The minimum absolute atomic E-state index is 0.195. The highest BCUT2D eigenvalue weighted by Gasteiger charge is 1.95. The molecule has 0 aromatic carbocycles. The van der Waals surface area contributed by atoms with Gasteiger partial charge in [-0.15, -0.1) is 0 Å². The molecule has 0 aliphatic heterocycles. The van der Waals surface area contributed by atoms with Gasteiger partial charge in [0.05, 0.1) is 0 Å². The van der Waals surface area contributed by atoms with E-state index in [0.29, 0.717) is 0 Å². The third kappa shape index (κ3) is 49.9. The number of halogens is 6. The van der Waals surface area contributed by atoms with E-state index < -0.39 is 26.2 Å². The largest absolute Gasteiger partial charge is 0.396 e. The Morgan fingerprint density at radius 2 is 0.875 bits per heavy atom. The van der Waals surface area contributed by atoms with Crippen LogP contribution < -0.4 is 0 Å². The van der Waals surface area contributed by atoms with Crippen molar-refractivity contribution in [1.29, 1.82) is 0 Å². The molecule has 0 bridgehead atoms. The third-order valence-electron chi connectivity index (χ3n) is 0.800. The average molecular weight is 258 g/mol. The molecule has 0 heterocycles. The van der Waals surface area contributed by atoms with Gasteiger partial charge in [-0.1, -0.05) is 0 Å². The number of aliphatic hydroxyl groups is 2. The summed E-state index contributed by atoms with van der Waals surface area (Å²) < 4.78 is 62.3. The summed E-state index contributed by atoms with van der Waals surface area (Å²) in [7, 11) is 0. The molecule has 0 aliphatic rings. The van der Waals surface area contributed by atoms with Crippen molar-refractivity contribution in [3.63, 3.8) is 0 Å². The molecule has 2 nitrogen and oxygen atoms in total. The van der Waals surface area contributed by atoms with Crippen molar-refractivity contribution in [1.82, 2.24) is 0 Å². The van der Waals surface area contributed by atoms with E-state index in [0.717, 1.165) is 12.8 Å². The fourth-order valence-electron chi connectivity index (χ4n) is 0.224. The predicted octanol–water partition coefficient (Wildman–Crippen LogP) is 2.19. The third-order valence-corrected chi connectivity index (χ3v) is 0.800. The molecule has 0 fully saturated rings. The SMILES string of the molecule is FCC(F)F.FCC(F)F.OCCCCO. The topological polar surface area (TPSA) is 40.5 Å². The van der Waals surface area contributed by atoms with E-state index in [1.807, 2.05) is 0 Å². The van der Waals surface area contributed by atoms with E-state index in [-0.39, 0.29) is 13.2 Å². The van der Waals surface area contributed by atoms with Crippen molar-refractivity contribution in [3.8, 4) is 0 Å². The molecule has 0 aromatic heterocycles. The van der Waals surface area contributed by atoms with E-state index >= 15 is 0 Å². The van der Waals surface area contributed by atoms with Crippen molar-refractivity contribution >= 4 is 0 Å². The van der Waals surface area contributed by atoms with Gasteiger partial charge in [0.25, 0.3) is 12.9 Å². The molecule has 0 spiro atoms. The molecule has 2 N–H and O–H groups in total. The van der Waals surface area contributed by atoms with Crippen LogP contribution in [0, 0.1) is 0 Å². The molecule has 0 aliphatic carbocycles. The minimum atomic E-state index is -2.78. The Labute approximate surface area is 89.9 Å². The van der Waals surface area contributed by atoms with Gasteiger partial charge in [-0.25, -0.2) is 26.3 Å². The van der Waals surface area contributed by atoms with Crippen LogP contribution in [0.25, 0.3) is 0 Å². The van der Waals surface area contributed by atoms with Gasteiger partial charge in [0.1, 0.15) is 0 Å². The Balaban J connectivity index is -0.000000160. The van der Waals surface area contributed by atoms with Gasteiger partial charge in [0, 0.05) is 13.2 Å². The monoisotopic (exact) mass is 258 g/mol. The maximum atomic E-state index is 10.4. The Bertz CT molecular complexity index is 92.5. The fraction of sp³-hybridized carbons (Fsp3) is 1.00. The molecule has 8 heteroatoms. The molecule has 16 heavy (non-hydrogen) atoms. The highest BCUT2D eigenvalue weighted by Crippen LogP contribution is 1.89. The first kappa shape index (κ1) is 20.9.